The minimum absolute atomic E-state index is 0.0597. The Hall–Kier alpha value is -0.610. The molecule has 0 radical (unpaired) electrons. The van der Waals surface area contributed by atoms with Crippen molar-refractivity contribution in [2.24, 2.45) is 0 Å². The molecule has 0 bridgehead atoms. The standard InChI is InChI=1S/C7H12O4/c1-7(2)10-5(3-4-8)6(9)11-7/h5,8H,3-4H2,1-2H3. The zero-order valence-corrected chi connectivity index (χ0v) is 6.66. The zero-order valence-electron chi connectivity index (χ0n) is 6.66. The molecule has 0 amide bonds. The highest BCUT2D eigenvalue weighted by Crippen LogP contribution is 2.24. The number of aliphatic hydroxyl groups is 1. The predicted octanol–water partition coefficient (Wildman–Crippen LogP) is 0.0469. The van der Waals surface area contributed by atoms with Gasteiger partial charge in [-0.05, 0) is 0 Å². The number of aliphatic hydroxyl groups excluding tert-OH is 1. The fourth-order valence-electron chi connectivity index (χ4n) is 1.02. The molecule has 1 rings (SSSR count). The minimum Gasteiger partial charge on any atom is -0.432 e. The zero-order chi connectivity index (χ0) is 8.48. The highest BCUT2D eigenvalue weighted by atomic mass is 16.8. The number of hydrogen-bond donors (Lipinski definition) is 1. The average molecular weight is 160 g/mol. The quantitative estimate of drug-likeness (QED) is 0.580. The van der Waals surface area contributed by atoms with Gasteiger partial charge in [-0.25, -0.2) is 4.79 Å². The fourth-order valence-corrected chi connectivity index (χ4v) is 1.02. The summed E-state index contributed by atoms with van der Waals surface area (Å²) in [7, 11) is 0. The van der Waals surface area contributed by atoms with Crippen LogP contribution in [-0.2, 0) is 14.3 Å². The molecule has 0 aromatic rings. The van der Waals surface area contributed by atoms with E-state index in [0.717, 1.165) is 0 Å². The number of carbonyl (C=O) groups is 1. The maximum Gasteiger partial charge on any atom is 0.338 e. The summed E-state index contributed by atoms with van der Waals surface area (Å²) in [6.45, 7) is 3.28. The third-order valence-electron chi connectivity index (χ3n) is 1.43. The van der Waals surface area contributed by atoms with E-state index in [2.05, 4.69) is 0 Å². The van der Waals surface area contributed by atoms with E-state index in [4.69, 9.17) is 14.6 Å². The SMILES string of the molecule is CC1(C)OC(=O)C(CCO)O1. The predicted molar refractivity (Wildman–Crippen MR) is 36.7 cm³/mol. The Labute approximate surface area is 65.1 Å². The highest BCUT2D eigenvalue weighted by molar-refractivity contribution is 5.76. The molecular formula is C7H12O4. The minimum atomic E-state index is -0.822. The van der Waals surface area contributed by atoms with E-state index >= 15 is 0 Å². The summed E-state index contributed by atoms with van der Waals surface area (Å²) in [6.07, 6.45) is -0.280. The first-order valence-corrected chi connectivity index (χ1v) is 3.57. The van der Waals surface area contributed by atoms with Crippen molar-refractivity contribution >= 4 is 5.97 Å². The summed E-state index contributed by atoms with van der Waals surface area (Å²) in [5.41, 5.74) is 0. The fraction of sp³-hybridized carbons (Fsp3) is 0.857. The van der Waals surface area contributed by atoms with E-state index in [-0.39, 0.29) is 12.6 Å². The molecule has 1 aliphatic rings. The van der Waals surface area contributed by atoms with Crippen molar-refractivity contribution in [2.45, 2.75) is 32.2 Å². The second-order valence-electron chi connectivity index (χ2n) is 2.94. The molecule has 0 spiro atoms. The first kappa shape index (κ1) is 8.49. The summed E-state index contributed by atoms with van der Waals surface area (Å²) >= 11 is 0. The highest BCUT2D eigenvalue weighted by Gasteiger charge is 2.40. The first-order valence-electron chi connectivity index (χ1n) is 3.57. The number of ether oxygens (including phenoxy) is 2. The maximum atomic E-state index is 10.9. The molecule has 4 heteroatoms. The normalized spacial score (nSPS) is 28.6. The van der Waals surface area contributed by atoms with E-state index in [1.165, 1.54) is 0 Å². The van der Waals surface area contributed by atoms with Crippen molar-refractivity contribution < 1.29 is 19.4 Å². The van der Waals surface area contributed by atoms with Crippen LogP contribution in [0.25, 0.3) is 0 Å². The number of hydrogen-bond acceptors (Lipinski definition) is 4. The molecule has 0 aromatic heterocycles. The Balaban J connectivity index is 2.52. The van der Waals surface area contributed by atoms with Crippen molar-refractivity contribution in [2.75, 3.05) is 6.61 Å². The molecule has 1 saturated heterocycles. The molecule has 4 nitrogen and oxygen atoms in total. The summed E-state index contributed by atoms with van der Waals surface area (Å²) in [4.78, 5) is 10.9. The molecule has 0 aromatic carbocycles. The van der Waals surface area contributed by atoms with Gasteiger partial charge >= 0.3 is 5.97 Å². The van der Waals surface area contributed by atoms with Gasteiger partial charge in [-0.1, -0.05) is 0 Å². The van der Waals surface area contributed by atoms with Gasteiger partial charge in [-0.3, -0.25) is 0 Å². The maximum absolute atomic E-state index is 10.9. The number of cyclic esters (lactones) is 1. The van der Waals surface area contributed by atoms with Crippen molar-refractivity contribution in [3.8, 4) is 0 Å². The van der Waals surface area contributed by atoms with E-state index < -0.39 is 11.9 Å². The van der Waals surface area contributed by atoms with Gasteiger partial charge < -0.3 is 14.6 Å². The third kappa shape index (κ3) is 1.91. The Kier molecular flexibility index (Phi) is 2.15. The lowest BCUT2D eigenvalue weighted by molar-refractivity contribution is -0.160. The first-order chi connectivity index (χ1) is 5.05. The third-order valence-corrected chi connectivity index (χ3v) is 1.43. The number of carbonyl (C=O) groups excluding carboxylic acids is 1. The molecule has 1 aliphatic heterocycles. The van der Waals surface area contributed by atoms with Crippen LogP contribution in [0.2, 0.25) is 0 Å². The lowest BCUT2D eigenvalue weighted by Crippen LogP contribution is -2.21. The summed E-state index contributed by atoms with van der Waals surface area (Å²) in [6, 6.07) is 0. The molecule has 0 saturated carbocycles. The Morgan fingerprint density at radius 3 is 2.64 bits per heavy atom. The second-order valence-corrected chi connectivity index (χ2v) is 2.94. The van der Waals surface area contributed by atoms with E-state index in [9.17, 15) is 4.79 Å². The number of rotatable bonds is 2. The van der Waals surface area contributed by atoms with Crippen molar-refractivity contribution in [3.63, 3.8) is 0 Å². The van der Waals surface area contributed by atoms with Gasteiger partial charge in [0.2, 0.25) is 5.79 Å². The van der Waals surface area contributed by atoms with E-state index in [1.54, 1.807) is 13.8 Å². The average Bonchev–Trinajstić information content (AvgIpc) is 2.07. The molecule has 64 valence electrons. The van der Waals surface area contributed by atoms with Crippen LogP contribution in [0.1, 0.15) is 20.3 Å². The van der Waals surface area contributed by atoms with Crippen molar-refractivity contribution in [1.29, 1.82) is 0 Å². The van der Waals surface area contributed by atoms with Crippen LogP contribution >= 0.6 is 0 Å². The molecule has 1 unspecified atom stereocenters. The van der Waals surface area contributed by atoms with Gasteiger partial charge in [0.15, 0.2) is 6.10 Å². The van der Waals surface area contributed by atoms with Gasteiger partial charge in [-0.15, -0.1) is 0 Å². The van der Waals surface area contributed by atoms with Gasteiger partial charge in [0, 0.05) is 26.9 Å². The van der Waals surface area contributed by atoms with Crippen LogP contribution in [0.3, 0.4) is 0 Å². The lowest BCUT2D eigenvalue weighted by atomic mass is 10.3. The van der Waals surface area contributed by atoms with Crippen molar-refractivity contribution in [3.05, 3.63) is 0 Å². The molecule has 1 atom stereocenters. The largest absolute Gasteiger partial charge is 0.432 e. The monoisotopic (exact) mass is 160 g/mol. The van der Waals surface area contributed by atoms with Crippen LogP contribution in [-0.4, -0.2) is 29.6 Å². The van der Waals surface area contributed by atoms with Gasteiger partial charge in [0.25, 0.3) is 0 Å². The van der Waals surface area contributed by atoms with Crippen LogP contribution in [0.15, 0.2) is 0 Å². The molecule has 1 fully saturated rings. The van der Waals surface area contributed by atoms with E-state index in [0.29, 0.717) is 6.42 Å². The topological polar surface area (TPSA) is 55.8 Å². The molecular weight excluding hydrogens is 148 g/mol. The summed E-state index contributed by atoms with van der Waals surface area (Å²) in [5.74, 6) is -1.21. The van der Waals surface area contributed by atoms with Gasteiger partial charge in [0.1, 0.15) is 0 Å². The van der Waals surface area contributed by atoms with E-state index in [1.807, 2.05) is 0 Å². The Morgan fingerprint density at radius 2 is 2.27 bits per heavy atom. The molecule has 1 heterocycles. The lowest BCUT2D eigenvalue weighted by Gasteiger charge is -2.14. The van der Waals surface area contributed by atoms with Crippen LogP contribution in [0, 0.1) is 0 Å². The van der Waals surface area contributed by atoms with Gasteiger partial charge in [0.05, 0.1) is 0 Å². The van der Waals surface area contributed by atoms with Crippen molar-refractivity contribution in [1.82, 2.24) is 0 Å². The number of esters is 1. The van der Waals surface area contributed by atoms with Crippen LogP contribution in [0.5, 0.6) is 0 Å². The summed E-state index contributed by atoms with van der Waals surface area (Å²) in [5, 5.41) is 8.53. The smallest absolute Gasteiger partial charge is 0.338 e. The van der Waals surface area contributed by atoms with Gasteiger partial charge in [-0.2, -0.15) is 0 Å². The Morgan fingerprint density at radius 1 is 1.64 bits per heavy atom. The molecule has 11 heavy (non-hydrogen) atoms. The molecule has 0 aliphatic carbocycles. The summed E-state index contributed by atoms with van der Waals surface area (Å²) < 4.78 is 10.0. The second kappa shape index (κ2) is 2.79. The van der Waals surface area contributed by atoms with Crippen LogP contribution in [0.4, 0.5) is 0 Å². The van der Waals surface area contributed by atoms with Crippen LogP contribution < -0.4 is 0 Å². The Bertz CT molecular complexity index is 164. The molecule has 1 N–H and O–H groups in total.